The van der Waals surface area contributed by atoms with Crippen LogP contribution in [0.2, 0.25) is 0 Å². The number of hydrogen-bond acceptors (Lipinski definition) is 3. The molecule has 1 heterocycles. The van der Waals surface area contributed by atoms with Crippen molar-refractivity contribution in [2.45, 2.75) is 19.5 Å². The molecule has 0 fully saturated rings. The fourth-order valence-electron chi connectivity index (χ4n) is 2.06. The average Bonchev–Trinajstić information content (AvgIpc) is 2.43. The lowest BCUT2D eigenvalue weighted by molar-refractivity contribution is -0.130. The number of carbonyl (C=O) groups is 1. The molecular weight excluding hydrogens is 238 g/mol. The quantitative estimate of drug-likeness (QED) is 0.908. The molecule has 2 rings (SSSR count). The highest BCUT2D eigenvalue weighted by atomic mass is 16.2. The van der Waals surface area contributed by atoms with Crippen LogP contribution in [-0.4, -0.2) is 35.9 Å². The number of nitrogens with one attached hydrogen (secondary N) is 1. The first-order chi connectivity index (χ1) is 9.09. The number of pyridine rings is 1. The molecule has 1 amide bonds. The fourth-order valence-corrected chi connectivity index (χ4v) is 2.06. The van der Waals surface area contributed by atoms with Crippen LogP contribution in [0.3, 0.4) is 0 Å². The molecule has 1 atom stereocenters. The molecule has 0 aliphatic rings. The van der Waals surface area contributed by atoms with Gasteiger partial charge in [-0.15, -0.1) is 0 Å². The number of hydrogen-bond donors (Lipinski definition) is 1. The zero-order valence-electron chi connectivity index (χ0n) is 11.6. The molecular formula is C15H19N3O. The Bertz CT molecular complexity index is 575. The van der Waals surface area contributed by atoms with Crippen molar-refractivity contribution in [3.63, 3.8) is 0 Å². The van der Waals surface area contributed by atoms with E-state index >= 15 is 0 Å². The van der Waals surface area contributed by atoms with Crippen LogP contribution < -0.4 is 5.32 Å². The summed E-state index contributed by atoms with van der Waals surface area (Å²) < 4.78 is 0. The molecule has 0 spiro atoms. The molecule has 0 radical (unpaired) electrons. The smallest absolute Gasteiger partial charge is 0.238 e. The maximum Gasteiger partial charge on any atom is 0.238 e. The van der Waals surface area contributed by atoms with Crippen molar-refractivity contribution >= 4 is 16.7 Å². The van der Waals surface area contributed by atoms with Crippen LogP contribution in [0, 0.1) is 0 Å². The molecule has 4 nitrogen and oxygen atoms in total. The van der Waals surface area contributed by atoms with E-state index in [1.54, 1.807) is 19.0 Å². The van der Waals surface area contributed by atoms with Gasteiger partial charge in [-0.2, -0.15) is 0 Å². The minimum atomic E-state index is -0.200. The van der Waals surface area contributed by atoms with Gasteiger partial charge in [0.2, 0.25) is 5.91 Å². The molecule has 1 unspecified atom stereocenters. The second-order valence-corrected chi connectivity index (χ2v) is 4.86. The molecule has 0 bridgehead atoms. The van der Waals surface area contributed by atoms with E-state index in [2.05, 4.69) is 16.4 Å². The monoisotopic (exact) mass is 257 g/mol. The number of likely N-dealkylation sites (N-methyl/N-ethyl adjacent to an activating group) is 1. The molecule has 1 aromatic carbocycles. The van der Waals surface area contributed by atoms with E-state index < -0.39 is 0 Å². The van der Waals surface area contributed by atoms with Gasteiger partial charge in [-0.25, -0.2) is 0 Å². The van der Waals surface area contributed by atoms with Gasteiger partial charge in [0.05, 0.1) is 6.04 Å². The van der Waals surface area contributed by atoms with E-state index in [4.69, 9.17) is 0 Å². The summed E-state index contributed by atoms with van der Waals surface area (Å²) in [6.07, 6.45) is 3.70. The molecule has 0 saturated carbocycles. The summed E-state index contributed by atoms with van der Waals surface area (Å²) in [5.41, 5.74) is 1.11. The van der Waals surface area contributed by atoms with Gasteiger partial charge in [0.15, 0.2) is 0 Å². The Morgan fingerprint density at radius 2 is 2.05 bits per heavy atom. The van der Waals surface area contributed by atoms with Gasteiger partial charge in [0.1, 0.15) is 0 Å². The fraction of sp³-hybridized carbons (Fsp3) is 0.333. The van der Waals surface area contributed by atoms with Gasteiger partial charge in [-0.3, -0.25) is 9.78 Å². The van der Waals surface area contributed by atoms with Crippen LogP contribution in [0.4, 0.5) is 0 Å². The molecule has 2 aromatic rings. The Hall–Kier alpha value is -1.94. The third-order valence-corrected chi connectivity index (χ3v) is 3.16. The summed E-state index contributed by atoms with van der Waals surface area (Å²) in [5.74, 6) is 0.0770. The van der Waals surface area contributed by atoms with Gasteiger partial charge in [-0.1, -0.05) is 24.3 Å². The Kier molecular flexibility index (Phi) is 4.12. The number of fused-ring (bicyclic) bond motifs is 1. The van der Waals surface area contributed by atoms with Crippen LogP contribution in [0.5, 0.6) is 0 Å². The van der Waals surface area contributed by atoms with Gasteiger partial charge in [0.25, 0.3) is 0 Å². The Balaban J connectivity index is 2.12. The zero-order chi connectivity index (χ0) is 13.8. The number of amides is 1. The van der Waals surface area contributed by atoms with E-state index in [0.29, 0.717) is 6.54 Å². The van der Waals surface area contributed by atoms with Crippen LogP contribution in [0.15, 0.2) is 36.7 Å². The Labute approximate surface area is 113 Å². The van der Waals surface area contributed by atoms with E-state index in [1.807, 2.05) is 37.5 Å². The molecule has 100 valence electrons. The van der Waals surface area contributed by atoms with Crippen molar-refractivity contribution in [2.75, 3.05) is 14.1 Å². The largest absolute Gasteiger partial charge is 0.347 e. The summed E-state index contributed by atoms with van der Waals surface area (Å²) in [6.45, 7) is 2.51. The van der Waals surface area contributed by atoms with Crippen molar-refractivity contribution in [3.05, 3.63) is 42.2 Å². The molecule has 1 aromatic heterocycles. The first kappa shape index (κ1) is 13.5. The highest BCUT2D eigenvalue weighted by Crippen LogP contribution is 2.16. The molecule has 0 aliphatic carbocycles. The van der Waals surface area contributed by atoms with Gasteiger partial charge in [0, 0.05) is 38.4 Å². The molecule has 0 aliphatic heterocycles. The lowest BCUT2D eigenvalue weighted by Gasteiger charge is -2.18. The number of benzene rings is 1. The summed E-state index contributed by atoms with van der Waals surface area (Å²) in [7, 11) is 3.53. The van der Waals surface area contributed by atoms with E-state index in [-0.39, 0.29) is 11.9 Å². The number of carbonyl (C=O) groups excluding carboxylic acids is 1. The van der Waals surface area contributed by atoms with Crippen molar-refractivity contribution < 1.29 is 4.79 Å². The van der Waals surface area contributed by atoms with Gasteiger partial charge >= 0.3 is 0 Å². The van der Waals surface area contributed by atoms with Gasteiger partial charge < -0.3 is 10.2 Å². The molecule has 4 heteroatoms. The summed E-state index contributed by atoms with van der Waals surface area (Å²) >= 11 is 0. The number of rotatable bonds is 4. The standard InChI is InChI=1S/C15H19N3O/c1-11(15(19)18(2)3)17-10-13-9-16-8-12-6-4-5-7-14(12)13/h4-9,11,17H,10H2,1-3H3. The minimum absolute atomic E-state index is 0.0770. The maximum atomic E-state index is 11.8. The van der Waals surface area contributed by atoms with Crippen LogP contribution >= 0.6 is 0 Å². The minimum Gasteiger partial charge on any atom is -0.347 e. The molecule has 19 heavy (non-hydrogen) atoms. The average molecular weight is 257 g/mol. The molecule has 1 N–H and O–H groups in total. The van der Waals surface area contributed by atoms with Crippen LogP contribution in [0.25, 0.3) is 10.8 Å². The number of nitrogens with zero attached hydrogens (tertiary/aromatic N) is 2. The Morgan fingerprint density at radius 1 is 1.32 bits per heavy atom. The topological polar surface area (TPSA) is 45.2 Å². The van der Waals surface area contributed by atoms with E-state index in [1.165, 1.54) is 5.39 Å². The van der Waals surface area contributed by atoms with Crippen LogP contribution in [-0.2, 0) is 11.3 Å². The van der Waals surface area contributed by atoms with Crippen molar-refractivity contribution in [3.8, 4) is 0 Å². The highest BCUT2D eigenvalue weighted by Gasteiger charge is 2.14. The predicted octanol–water partition coefficient (Wildman–Crippen LogP) is 1.80. The van der Waals surface area contributed by atoms with Crippen molar-refractivity contribution in [1.29, 1.82) is 0 Å². The van der Waals surface area contributed by atoms with E-state index in [0.717, 1.165) is 10.9 Å². The lowest BCUT2D eigenvalue weighted by Crippen LogP contribution is -2.41. The lowest BCUT2D eigenvalue weighted by atomic mass is 10.1. The van der Waals surface area contributed by atoms with Crippen LogP contribution in [0.1, 0.15) is 12.5 Å². The summed E-state index contributed by atoms with van der Waals surface area (Å²) in [6, 6.07) is 7.93. The SMILES string of the molecule is CC(NCc1cncc2ccccc12)C(=O)N(C)C. The second-order valence-electron chi connectivity index (χ2n) is 4.86. The maximum absolute atomic E-state index is 11.8. The summed E-state index contributed by atoms with van der Waals surface area (Å²) in [5, 5.41) is 5.54. The zero-order valence-corrected chi connectivity index (χ0v) is 11.6. The summed E-state index contributed by atoms with van der Waals surface area (Å²) in [4.78, 5) is 17.6. The predicted molar refractivity (Wildman–Crippen MR) is 76.7 cm³/mol. The van der Waals surface area contributed by atoms with Crippen molar-refractivity contribution in [1.82, 2.24) is 15.2 Å². The second kappa shape index (κ2) is 5.80. The van der Waals surface area contributed by atoms with Gasteiger partial charge in [-0.05, 0) is 17.9 Å². The van der Waals surface area contributed by atoms with Crippen molar-refractivity contribution in [2.24, 2.45) is 0 Å². The third kappa shape index (κ3) is 3.09. The third-order valence-electron chi connectivity index (χ3n) is 3.16. The van der Waals surface area contributed by atoms with E-state index in [9.17, 15) is 4.79 Å². The highest BCUT2D eigenvalue weighted by molar-refractivity contribution is 5.85. The normalized spacial score (nSPS) is 12.4. The molecule has 0 saturated heterocycles. The number of aromatic nitrogens is 1. The first-order valence-corrected chi connectivity index (χ1v) is 6.36. The first-order valence-electron chi connectivity index (χ1n) is 6.36. The Morgan fingerprint density at radius 3 is 2.79 bits per heavy atom.